The van der Waals surface area contributed by atoms with Crippen LogP contribution >= 0.6 is 15.9 Å². The van der Waals surface area contributed by atoms with Crippen molar-refractivity contribution in [2.45, 2.75) is 36.9 Å². The van der Waals surface area contributed by atoms with E-state index < -0.39 is 5.79 Å². The third-order valence-corrected chi connectivity index (χ3v) is 6.08. The molecule has 1 saturated heterocycles. The lowest BCUT2D eigenvalue weighted by Gasteiger charge is -2.48. The number of benzene rings is 1. The summed E-state index contributed by atoms with van der Waals surface area (Å²) in [5.41, 5.74) is 0.890. The van der Waals surface area contributed by atoms with Gasteiger partial charge in [0, 0.05) is 28.3 Å². The fourth-order valence-electron chi connectivity index (χ4n) is 4.41. The van der Waals surface area contributed by atoms with Crippen molar-refractivity contribution in [3.63, 3.8) is 0 Å². The highest BCUT2D eigenvalue weighted by molar-refractivity contribution is 9.10. The quantitative estimate of drug-likeness (QED) is 0.827. The molecule has 0 aromatic heterocycles. The number of fused-ring (bicyclic) bond motifs is 3. The van der Waals surface area contributed by atoms with E-state index in [1.807, 2.05) is 12.1 Å². The third-order valence-electron chi connectivity index (χ3n) is 5.59. The lowest BCUT2D eigenvalue weighted by atomic mass is 9.60. The van der Waals surface area contributed by atoms with Crippen LogP contribution in [0.3, 0.4) is 0 Å². The molecule has 0 unspecified atom stereocenters. The molecule has 2 atom stereocenters. The molecule has 3 aliphatic rings. The summed E-state index contributed by atoms with van der Waals surface area (Å²) in [5.74, 6) is 0.783. The molecule has 4 nitrogen and oxygen atoms in total. The number of hydrogen-bond acceptors (Lipinski definition) is 4. The third kappa shape index (κ3) is 2.21. The van der Waals surface area contributed by atoms with Gasteiger partial charge in [0.25, 0.3) is 0 Å². The van der Waals surface area contributed by atoms with Gasteiger partial charge in [-0.05, 0) is 30.9 Å². The van der Waals surface area contributed by atoms with Gasteiger partial charge in [-0.3, -0.25) is 0 Å². The van der Waals surface area contributed by atoms with Gasteiger partial charge in [0.05, 0.1) is 26.4 Å². The van der Waals surface area contributed by atoms with E-state index in [0.717, 1.165) is 41.5 Å². The van der Waals surface area contributed by atoms with E-state index in [9.17, 15) is 5.11 Å². The van der Waals surface area contributed by atoms with Crippen LogP contribution in [0.2, 0.25) is 0 Å². The Morgan fingerprint density at radius 1 is 1.18 bits per heavy atom. The van der Waals surface area contributed by atoms with Crippen LogP contribution in [0.1, 0.15) is 31.2 Å². The molecular weight excluding hydrogens is 348 g/mol. The molecule has 1 aliphatic carbocycles. The zero-order valence-electron chi connectivity index (χ0n) is 12.5. The Bertz CT molecular complexity index is 570. The average Bonchev–Trinajstić information content (AvgIpc) is 2.90. The molecule has 5 heteroatoms. The zero-order chi connectivity index (χ0) is 15.2. The van der Waals surface area contributed by atoms with E-state index in [1.54, 1.807) is 0 Å². The van der Waals surface area contributed by atoms with Gasteiger partial charge in [0.1, 0.15) is 5.75 Å². The Hall–Kier alpha value is -0.620. The molecule has 1 saturated carbocycles. The van der Waals surface area contributed by atoms with E-state index in [-0.39, 0.29) is 12.0 Å². The van der Waals surface area contributed by atoms with Crippen LogP contribution in [0, 0.1) is 5.92 Å². The second kappa shape index (κ2) is 5.48. The van der Waals surface area contributed by atoms with E-state index >= 15 is 0 Å². The van der Waals surface area contributed by atoms with Gasteiger partial charge in [-0.1, -0.05) is 22.0 Å². The van der Waals surface area contributed by atoms with Crippen LogP contribution < -0.4 is 4.74 Å². The summed E-state index contributed by atoms with van der Waals surface area (Å²) in [7, 11) is 0. The molecule has 22 heavy (non-hydrogen) atoms. The molecule has 1 aromatic rings. The zero-order valence-corrected chi connectivity index (χ0v) is 14.1. The van der Waals surface area contributed by atoms with Gasteiger partial charge in [-0.25, -0.2) is 0 Å². The molecule has 2 aliphatic heterocycles. The minimum atomic E-state index is -0.427. The largest absolute Gasteiger partial charge is 0.493 e. The lowest BCUT2D eigenvalue weighted by Crippen LogP contribution is -2.50. The smallest absolute Gasteiger partial charge is 0.168 e. The Balaban J connectivity index is 1.75. The van der Waals surface area contributed by atoms with E-state index in [2.05, 4.69) is 22.0 Å². The van der Waals surface area contributed by atoms with Gasteiger partial charge in [0.15, 0.2) is 5.79 Å². The highest BCUT2D eigenvalue weighted by Gasteiger charge is 2.53. The maximum absolute atomic E-state index is 10.3. The molecule has 1 spiro atoms. The summed E-state index contributed by atoms with van der Waals surface area (Å²) in [4.78, 5) is 0. The summed E-state index contributed by atoms with van der Waals surface area (Å²) < 4.78 is 18.8. The first-order valence-electron chi connectivity index (χ1n) is 7.99. The number of aliphatic hydroxyl groups excluding tert-OH is 1. The molecule has 0 amide bonds. The monoisotopic (exact) mass is 368 g/mol. The Kier molecular flexibility index (Phi) is 3.72. The number of rotatable bonds is 1. The maximum Gasteiger partial charge on any atom is 0.168 e. The highest BCUT2D eigenvalue weighted by Crippen LogP contribution is 2.54. The molecular formula is C17H21BrO4. The van der Waals surface area contributed by atoms with Crippen LogP contribution in [0.5, 0.6) is 5.75 Å². The second-order valence-electron chi connectivity index (χ2n) is 6.60. The number of ether oxygens (including phenoxy) is 3. The standard InChI is InChI=1S/C17H21BrO4/c18-13-1-2-14-15(9-13)20-6-3-12-10-17(21-7-8-22-17)5-4-16(12,14)11-19/h1-2,9,12,19H,3-8,10-11H2/t12-,16-/m1/s1. The second-order valence-corrected chi connectivity index (χ2v) is 7.52. The van der Waals surface area contributed by atoms with Crippen LogP contribution in [0.4, 0.5) is 0 Å². The van der Waals surface area contributed by atoms with Gasteiger partial charge in [-0.15, -0.1) is 0 Å². The van der Waals surface area contributed by atoms with Gasteiger partial charge < -0.3 is 19.3 Å². The van der Waals surface area contributed by atoms with Crippen molar-refractivity contribution in [1.29, 1.82) is 0 Å². The van der Waals surface area contributed by atoms with Crippen molar-refractivity contribution in [1.82, 2.24) is 0 Å². The summed E-state index contributed by atoms with van der Waals surface area (Å²) >= 11 is 3.51. The predicted octanol–water partition coefficient (Wildman–Crippen LogP) is 3.00. The average molecular weight is 369 g/mol. The van der Waals surface area contributed by atoms with Gasteiger partial charge >= 0.3 is 0 Å². The fraction of sp³-hybridized carbons (Fsp3) is 0.647. The summed E-state index contributed by atoms with van der Waals surface area (Å²) in [5, 5.41) is 10.3. The lowest BCUT2D eigenvalue weighted by molar-refractivity contribution is -0.201. The normalized spacial score (nSPS) is 32.9. The summed E-state index contributed by atoms with van der Waals surface area (Å²) in [6.45, 7) is 2.18. The van der Waals surface area contributed by atoms with Gasteiger partial charge in [0.2, 0.25) is 0 Å². The van der Waals surface area contributed by atoms with Crippen molar-refractivity contribution in [3.8, 4) is 5.75 Å². The number of hydrogen-bond donors (Lipinski definition) is 1. The van der Waals surface area contributed by atoms with Crippen molar-refractivity contribution in [2.24, 2.45) is 5.92 Å². The van der Waals surface area contributed by atoms with Crippen LogP contribution in [-0.2, 0) is 14.9 Å². The Morgan fingerprint density at radius 3 is 2.77 bits per heavy atom. The maximum atomic E-state index is 10.3. The fourth-order valence-corrected chi connectivity index (χ4v) is 4.75. The van der Waals surface area contributed by atoms with Gasteiger partial charge in [-0.2, -0.15) is 0 Å². The van der Waals surface area contributed by atoms with E-state index in [0.29, 0.717) is 25.7 Å². The Morgan fingerprint density at radius 2 is 2.00 bits per heavy atom. The first kappa shape index (κ1) is 14.9. The molecule has 2 fully saturated rings. The van der Waals surface area contributed by atoms with Crippen molar-refractivity contribution in [3.05, 3.63) is 28.2 Å². The SMILES string of the molecule is OC[C@]12CCC3(C[C@H]1CCOc1cc(Br)ccc12)OCCO3. The van der Waals surface area contributed by atoms with Crippen molar-refractivity contribution in [2.75, 3.05) is 26.4 Å². The molecule has 4 rings (SSSR count). The first-order chi connectivity index (χ1) is 10.7. The molecule has 2 heterocycles. The molecule has 0 bridgehead atoms. The summed E-state index contributed by atoms with van der Waals surface area (Å²) in [6.07, 6.45) is 3.46. The minimum Gasteiger partial charge on any atom is -0.493 e. The van der Waals surface area contributed by atoms with Crippen LogP contribution in [0.15, 0.2) is 22.7 Å². The Labute approximate surface area is 138 Å². The summed E-state index contributed by atoms with van der Waals surface area (Å²) in [6, 6.07) is 6.15. The highest BCUT2D eigenvalue weighted by atomic mass is 79.9. The molecule has 120 valence electrons. The number of aliphatic hydroxyl groups is 1. The molecule has 0 radical (unpaired) electrons. The van der Waals surface area contributed by atoms with Crippen LogP contribution in [0.25, 0.3) is 0 Å². The van der Waals surface area contributed by atoms with E-state index in [4.69, 9.17) is 14.2 Å². The topological polar surface area (TPSA) is 47.9 Å². The predicted molar refractivity (Wildman–Crippen MR) is 85.0 cm³/mol. The van der Waals surface area contributed by atoms with Crippen molar-refractivity contribution >= 4 is 15.9 Å². The van der Waals surface area contributed by atoms with Crippen LogP contribution in [-0.4, -0.2) is 37.3 Å². The molecule has 1 N–H and O–H groups in total. The first-order valence-corrected chi connectivity index (χ1v) is 8.78. The number of halogens is 1. The minimum absolute atomic E-state index is 0.145. The van der Waals surface area contributed by atoms with Crippen molar-refractivity contribution < 1.29 is 19.3 Å². The molecule has 1 aromatic carbocycles. The van der Waals surface area contributed by atoms with E-state index in [1.165, 1.54) is 0 Å².